The van der Waals surface area contributed by atoms with E-state index in [1.165, 1.54) is 11.9 Å². The molecule has 1 amide bonds. The Bertz CT molecular complexity index is 738. The summed E-state index contributed by atoms with van der Waals surface area (Å²) >= 11 is 0. The van der Waals surface area contributed by atoms with E-state index in [2.05, 4.69) is 33.0 Å². The van der Waals surface area contributed by atoms with Gasteiger partial charge in [-0.05, 0) is 53.1 Å². The number of amides is 1. The van der Waals surface area contributed by atoms with E-state index in [-0.39, 0.29) is 5.91 Å². The summed E-state index contributed by atoms with van der Waals surface area (Å²) in [6.07, 6.45) is 3.77. The maximum atomic E-state index is 12.0. The van der Waals surface area contributed by atoms with Crippen LogP contribution in [0, 0.1) is 0 Å². The number of tetrazole rings is 1. The van der Waals surface area contributed by atoms with E-state index in [4.69, 9.17) is 0 Å². The number of nitrogens with one attached hydrogen (secondary N) is 1. The largest absolute Gasteiger partial charge is 0.326 e. The molecule has 0 aliphatic rings. The van der Waals surface area contributed by atoms with E-state index in [1.807, 2.05) is 42.5 Å². The Morgan fingerprint density at radius 3 is 2.52 bits per heavy atom. The molecule has 0 fully saturated rings. The third-order valence-corrected chi connectivity index (χ3v) is 3.48. The molecule has 0 bridgehead atoms. The maximum Gasteiger partial charge on any atom is 0.224 e. The van der Waals surface area contributed by atoms with Crippen molar-refractivity contribution in [2.75, 3.05) is 5.32 Å². The van der Waals surface area contributed by atoms with Crippen LogP contribution in [0.25, 0.3) is 5.69 Å². The van der Waals surface area contributed by atoms with E-state index in [9.17, 15) is 4.79 Å². The normalized spacial score (nSPS) is 10.4. The van der Waals surface area contributed by atoms with E-state index >= 15 is 0 Å². The quantitative estimate of drug-likeness (QED) is 0.760. The second-order valence-electron chi connectivity index (χ2n) is 5.19. The molecule has 0 aliphatic carbocycles. The summed E-state index contributed by atoms with van der Waals surface area (Å²) < 4.78 is 1.56. The minimum absolute atomic E-state index is 0.0242. The zero-order chi connectivity index (χ0) is 15.9. The SMILES string of the molecule is O=C(CCCc1ccccc1)Nc1ccc(-n2cnnn2)cc1. The van der Waals surface area contributed by atoms with Crippen molar-refractivity contribution >= 4 is 11.6 Å². The minimum atomic E-state index is 0.0242. The molecule has 6 heteroatoms. The molecule has 0 atom stereocenters. The number of aromatic nitrogens is 4. The third-order valence-electron chi connectivity index (χ3n) is 3.48. The maximum absolute atomic E-state index is 12.0. The van der Waals surface area contributed by atoms with Crippen LogP contribution in [0.15, 0.2) is 60.9 Å². The van der Waals surface area contributed by atoms with E-state index < -0.39 is 0 Å². The molecule has 23 heavy (non-hydrogen) atoms. The van der Waals surface area contributed by atoms with Gasteiger partial charge in [-0.3, -0.25) is 4.79 Å². The summed E-state index contributed by atoms with van der Waals surface area (Å²) in [6.45, 7) is 0. The zero-order valence-corrected chi connectivity index (χ0v) is 12.6. The van der Waals surface area contributed by atoms with Crippen LogP contribution in [-0.4, -0.2) is 26.1 Å². The Hall–Kier alpha value is -3.02. The molecule has 0 radical (unpaired) electrons. The molecule has 6 nitrogen and oxygen atoms in total. The zero-order valence-electron chi connectivity index (χ0n) is 12.6. The topological polar surface area (TPSA) is 72.7 Å². The van der Waals surface area contributed by atoms with Crippen molar-refractivity contribution in [3.05, 3.63) is 66.5 Å². The van der Waals surface area contributed by atoms with Crippen LogP contribution in [0.2, 0.25) is 0 Å². The van der Waals surface area contributed by atoms with Gasteiger partial charge >= 0.3 is 0 Å². The van der Waals surface area contributed by atoms with Gasteiger partial charge in [-0.15, -0.1) is 5.10 Å². The van der Waals surface area contributed by atoms with Gasteiger partial charge in [0.2, 0.25) is 5.91 Å². The fraction of sp³-hybridized carbons (Fsp3) is 0.176. The van der Waals surface area contributed by atoms with Gasteiger partial charge in [-0.1, -0.05) is 30.3 Å². The summed E-state index contributed by atoms with van der Waals surface area (Å²) in [4.78, 5) is 12.0. The van der Waals surface area contributed by atoms with Crippen LogP contribution < -0.4 is 5.32 Å². The molecular formula is C17H17N5O. The Morgan fingerprint density at radius 2 is 1.83 bits per heavy atom. The highest BCUT2D eigenvalue weighted by atomic mass is 16.1. The van der Waals surface area contributed by atoms with Crippen molar-refractivity contribution in [1.29, 1.82) is 0 Å². The number of rotatable bonds is 6. The molecular weight excluding hydrogens is 290 g/mol. The van der Waals surface area contributed by atoms with Gasteiger partial charge in [-0.25, -0.2) is 4.68 Å². The molecule has 0 spiro atoms. The number of nitrogens with zero attached hydrogens (tertiary/aromatic N) is 4. The number of carbonyl (C=O) groups is 1. The highest BCUT2D eigenvalue weighted by molar-refractivity contribution is 5.90. The third kappa shape index (κ3) is 4.23. The van der Waals surface area contributed by atoms with Crippen LogP contribution in [-0.2, 0) is 11.2 Å². The Labute approximate surface area is 134 Å². The van der Waals surface area contributed by atoms with Gasteiger partial charge in [0.25, 0.3) is 0 Å². The predicted molar refractivity (Wildman–Crippen MR) is 87.2 cm³/mol. The molecule has 0 aliphatic heterocycles. The number of aryl methyl sites for hydroxylation is 1. The van der Waals surface area contributed by atoms with Gasteiger partial charge in [0.1, 0.15) is 6.33 Å². The average Bonchev–Trinajstić information content (AvgIpc) is 3.11. The molecule has 1 heterocycles. The van der Waals surface area contributed by atoms with Gasteiger partial charge in [0, 0.05) is 12.1 Å². The summed E-state index contributed by atoms with van der Waals surface area (Å²) in [7, 11) is 0. The van der Waals surface area contributed by atoms with Gasteiger partial charge in [0.15, 0.2) is 0 Å². The first-order chi connectivity index (χ1) is 11.3. The molecule has 0 saturated heterocycles. The fourth-order valence-corrected chi connectivity index (χ4v) is 2.30. The van der Waals surface area contributed by atoms with Crippen LogP contribution in [0.5, 0.6) is 0 Å². The summed E-state index contributed by atoms with van der Waals surface area (Å²) in [5.74, 6) is 0.0242. The molecule has 3 aromatic rings. The van der Waals surface area contributed by atoms with E-state index in [1.54, 1.807) is 4.68 Å². The molecule has 1 N–H and O–H groups in total. The number of carbonyl (C=O) groups excluding carboxylic acids is 1. The second kappa shape index (κ2) is 7.31. The summed E-state index contributed by atoms with van der Waals surface area (Å²) in [6, 6.07) is 17.6. The lowest BCUT2D eigenvalue weighted by Crippen LogP contribution is -2.11. The molecule has 3 rings (SSSR count). The van der Waals surface area contributed by atoms with Crippen LogP contribution >= 0.6 is 0 Å². The van der Waals surface area contributed by atoms with Crippen molar-refractivity contribution in [3.8, 4) is 5.69 Å². The van der Waals surface area contributed by atoms with E-state index in [0.29, 0.717) is 6.42 Å². The number of hydrogen-bond acceptors (Lipinski definition) is 4. The molecule has 0 unspecified atom stereocenters. The van der Waals surface area contributed by atoms with Crippen LogP contribution in [0.4, 0.5) is 5.69 Å². The molecule has 0 saturated carbocycles. The first-order valence-corrected chi connectivity index (χ1v) is 7.48. The molecule has 1 aromatic heterocycles. The van der Waals surface area contributed by atoms with Crippen LogP contribution in [0.1, 0.15) is 18.4 Å². The standard InChI is InChI=1S/C17H17N5O/c23-17(8-4-7-14-5-2-1-3-6-14)19-15-9-11-16(12-10-15)22-13-18-20-21-22/h1-3,5-6,9-13H,4,7-8H2,(H,19,23). The van der Waals surface area contributed by atoms with Crippen molar-refractivity contribution < 1.29 is 4.79 Å². The average molecular weight is 307 g/mol. The molecule has 116 valence electrons. The monoisotopic (exact) mass is 307 g/mol. The second-order valence-corrected chi connectivity index (χ2v) is 5.19. The van der Waals surface area contributed by atoms with Crippen LogP contribution in [0.3, 0.4) is 0 Å². The first kappa shape index (κ1) is 14.9. The van der Waals surface area contributed by atoms with Gasteiger partial charge < -0.3 is 5.32 Å². The molecule has 2 aromatic carbocycles. The minimum Gasteiger partial charge on any atom is -0.326 e. The Kier molecular flexibility index (Phi) is 4.73. The highest BCUT2D eigenvalue weighted by Gasteiger charge is 2.04. The Morgan fingerprint density at radius 1 is 1.04 bits per heavy atom. The van der Waals surface area contributed by atoms with E-state index in [0.717, 1.165) is 24.2 Å². The number of anilines is 1. The fourth-order valence-electron chi connectivity index (χ4n) is 2.30. The van der Waals surface area contributed by atoms with Crippen molar-refractivity contribution in [2.45, 2.75) is 19.3 Å². The van der Waals surface area contributed by atoms with Gasteiger partial charge in [0.05, 0.1) is 5.69 Å². The lowest BCUT2D eigenvalue weighted by molar-refractivity contribution is -0.116. The number of benzene rings is 2. The first-order valence-electron chi connectivity index (χ1n) is 7.48. The predicted octanol–water partition coefficient (Wildman–Crippen LogP) is 2.62. The number of hydrogen-bond donors (Lipinski definition) is 1. The van der Waals surface area contributed by atoms with Gasteiger partial charge in [-0.2, -0.15) is 0 Å². The highest BCUT2D eigenvalue weighted by Crippen LogP contribution is 2.13. The summed E-state index contributed by atoms with van der Waals surface area (Å²) in [5.41, 5.74) is 2.87. The smallest absolute Gasteiger partial charge is 0.224 e. The van der Waals surface area contributed by atoms with Crippen molar-refractivity contribution in [3.63, 3.8) is 0 Å². The summed E-state index contributed by atoms with van der Waals surface area (Å²) in [5, 5.41) is 13.9. The lowest BCUT2D eigenvalue weighted by Gasteiger charge is -2.06. The lowest BCUT2D eigenvalue weighted by atomic mass is 10.1. The van der Waals surface area contributed by atoms with Crippen molar-refractivity contribution in [1.82, 2.24) is 20.2 Å². The van der Waals surface area contributed by atoms with Crippen molar-refractivity contribution in [2.24, 2.45) is 0 Å². The Balaban J connectivity index is 1.48.